The van der Waals surface area contributed by atoms with E-state index in [4.69, 9.17) is 0 Å². The van der Waals surface area contributed by atoms with E-state index >= 15 is 0 Å². The Balaban J connectivity index is 2.78. The van der Waals surface area contributed by atoms with E-state index in [2.05, 4.69) is 5.10 Å². The first kappa shape index (κ1) is 10.4. The van der Waals surface area contributed by atoms with E-state index in [1.165, 1.54) is 11.6 Å². The van der Waals surface area contributed by atoms with Crippen molar-refractivity contribution < 1.29 is 0 Å². The highest BCUT2D eigenvalue weighted by Gasteiger charge is 2.09. The highest BCUT2D eigenvalue weighted by Crippen LogP contribution is 2.12. The largest absolute Gasteiger partial charge is 0.332 e. The molecule has 0 unspecified atom stereocenters. The number of nitrogens with zero attached hydrogens (tertiary/aromatic N) is 3. The third-order valence-corrected chi connectivity index (χ3v) is 2.38. The third kappa shape index (κ3) is 1.56. The number of aryl methyl sites for hydroxylation is 1. The van der Waals surface area contributed by atoms with Crippen LogP contribution in [0.3, 0.4) is 0 Å². The average molecular weight is 217 g/mol. The molecule has 0 fully saturated rings. The van der Waals surface area contributed by atoms with Crippen LogP contribution in [0, 0.1) is 0 Å². The van der Waals surface area contributed by atoms with Gasteiger partial charge in [0.05, 0.1) is 0 Å². The van der Waals surface area contributed by atoms with Crippen molar-refractivity contribution in [2.75, 3.05) is 0 Å². The molecule has 1 aromatic carbocycles. The second-order valence-corrected chi connectivity index (χ2v) is 3.48. The Labute approximate surface area is 91.6 Å². The number of benzene rings is 1. The van der Waals surface area contributed by atoms with Crippen LogP contribution in [-0.4, -0.2) is 14.3 Å². The molecular formula is C11H11N3O2. The van der Waals surface area contributed by atoms with Crippen molar-refractivity contribution in [3.8, 4) is 11.4 Å². The van der Waals surface area contributed by atoms with Crippen molar-refractivity contribution in [3.63, 3.8) is 0 Å². The second kappa shape index (κ2) is 3.77. The van der Waals surface area contributed by atoms with E-state index < -0.39 is 11.1 Å². The maximum Gasteiger partial charge on any atom is 0.332 e. The van der Waals surface area contributed by atoms with Gasteiger partial charge in [0, 0.05) is 19.7 Å². The van der Waals surface area contributed by atoms with Gasteiger partial charge < -0.3 is 0 Å². The summed E-state index contributed by atoms with van der Waals surface area (Å²) in [4.78, 5) is 22.9. The van der Waals surface area contributed by atoms with Crippen LogP contribution in [0.4, 0.5) is 0 Å². The second-order valence-electron chi connectivity index (χ2n) is 3.48. The van der Waals surface area contributed by atoms with E-state index in [0.29, 0.717) is 5.82 Å². The van der Waals surface area contributed by atoms with E-state index in [9.17, 15) is 9.59 Å². The quantitative estimate of drug-likeness (QED) is 0.639. The van der Waals surface area contributed by atoms with Gasteiger partial charge in [-0.05, 0) is 0 Å². The lowest BCUT2D eigenvalue weighted by Crippen LogP contribution is -2.41. The zero-order valence-electron chi connectivity index (χ0n) is 9.04. The molecule has 0 aliphatic rings. The number of hydrogen-bond donors (Lipinski definition) is 0. The van der Waals surface area contributed by atoms with Crippen LogP contribution in [-0.2, 0) is 14.1 Å². The molecule has 2 rings (SSSR count). The summed E-state index contributed by atoms with van der Waals surface area (Å²) < 4.78 is 2.32. The molecule has 0 radical (unpaired) electrons. The minimum Gasteiger partial charge on any atom is -0.290 e. The number of aromatic nitrogens is 3. The summed E-state index contributed by atoms with van der Waals surface area (Å²) >= 11 is 0. The molecule has 1 aromatic heterocycles. The Morgan fingerprint density at radius 1 is 1.00 bits per heavy atom. The van der Waals surface area contributed by atoms with Crippen LogP contribution in [0.5, 0.6) is 0 Å². The molecule has 5 heteroatoms. The molecule has 5 nitrogen and oxygen atoms in total. The highest BCUT2D eigenvalue weighted by atomic mass is 16.2. The van der Waals surface area contributed by atoms with Gasteiger partial charge in [0.1, 0.15) is 0 Å². The van der Waals surface area contributed by atoms with Crippen LogP contribution < -0.4 is 11.1 Å². The van der Waals surface area contributed by atoms with Gasteiger partial charge in [-0.1, -0.05) is 30.3 Å². The van der Waals surface area contributed by atoms with Gasteiger partial charge in [0.25, 0.3) is 0 Å². The Morgan fingerprint density at radius 2 is 1.62 bits per heavy atom. The summed E-state index contributed by atoms with van der Waals surface area (Å²) in [6, 6.07) is 9.27. The van der Waals surface area contributed by atoms with E-state index in [1.54, 1.807) is 7.05 Å². The third-order valence-electron chi connectivity index (χ3n) is 2.38. The first-order valence-corrected chi connectivity index (χ1v) is 4.81. The summed E-state index contributed by atoms with van der Waals surface area (Å²) in [6.07, 6.45) is 0. The zero-order chi connectivity index (χ0) is 11.7. The molecular weight excluding hydrogens is 206 g/mol. The Hall–Kier alpha value is -2.17. The molecule has 0 saturated carbocycles. The molecule has 2 aromatic rings. The van der Waals surface area contributed by atoms with Crippen LogP contribution in [0.25, 0.3) is 11.4 Å². The first-order valence-electron chi connectivity index (χ1n) is 4.81. The lowest BCUT2D eigenvalue weighted by atomic mass is 10.2. The summed E-state index contributed by atoms with van der Waals surface area (Å²) in [5.74, 6) is 0.479. The molecule has 16 heavy (non-hydrogen) atoms. The fraction of sp³-hybridized carbons (Fsp3) is 0.182. The van der Waals surface area contributed by atoms with Gasteiger partial charge in [-0.3, -0.25) is 14.2 Å². The molecule has 0 amide bonds. The van der Waals surface area contributed by atoms with E-state index in [1.807, 2.05) is 30.3 Å². The molecule has 0 N–H and O–H groups in total. The number of rotatable bonds is 1. The fourth-order valence-corrected chi connectivity index (χ4v) is 1.47. The summed E-state index contributed by atoms with van der Waals surface area (Å²) in [5, 5.41) is 4.07. The predicted molar refractivity (Wildman–Crippen MR) is 60.2 cm³/mol. The van der Waals surface area contributed by atoms with Crippen molar-refractivity contribution in [1.82, 2.24) is 14.3 Å². The smallest absolute Gasteiger partial charge is 0.290 e. The Kier molecular flexibility index (Phi) is 2.44. The highest BCUT2D eigenvalue weighted by molar-refractivity contribution is 5.54. The van der Waals surface area contributed by atoms with Crippen LogP contribution in [0.2, 0.25) is 0 Å². The molecule has 0 aliphatic heterocycles. The lowest BCUT2D eigenvalue weighted by Gasteiger charge is -2.07. The lowest BCUT2D eigenvalue weighted by molar-refractivity contribution is 0.639. The van der Waals surface area contributed by atoms with Crippen molar-refractivity contribution >= 4 is 0 Å². The molecule has 0 saturated heterocycles. The standard InChI is InChI=1S/C11H11N3O2/c1-13-9(8-6-4-3-5-7-8)12-14(2)11(16)10(13)15/h3-7H,1-2H3. The monoisotopic (exact) mass is 217 g/mol. The minimum absolute atomic E-state index is 0.479. The summed E-state index contributed by atoms with van der Waals surface area (Å²) in [6.45, 7) is 0. The van der Waals surface area contributed by atoms with Gasteiger partial charge in [-0.2, -0.15) is 5.10 Å². The topological polar surface area (TPSA) is 56.9 Å². The van der Waals surface area contributed by atoms with Crippen LogP contribution >= 0.6 is 0 Å². The van der Waals surface area contributed by atoms with Gasteiger partial charge in [0.15, 0.2) is 5.82 Å². The maximum absolute atomic E-state index is 11.6. The van der Waals surface area contributed by atoms with Crippen LogP contribution in [0.15, 0.2) is 39.9 Å². The van der Waals surface area contributed by atoms with Crippen molar-refractivity contribution in [2.45, 2.75) is 0 Å². The van der Waals surface area contributed by atoms with Gasteiger partial charge in [-0.25, -0.2) is 4.68 Å². The summed E-state index contributed by atoms with van der Waals surface area (Å²) in [5.41, 5.74) is -0.392. The maximum atomic E-state index is 11.6. The van der Waals surface area contributed by atoms with Crippen molar-refractivity contribution in [3.05, 3.63) is 51.0 Å². The average Bonchev–Trinajstić information content (AvgIpc) is 2.32. The van der Waals surface area contributed by atoms with Crippen molar-refractivity contribution in [1.29, 1.82) is 0 Å². The summed E-state index contributed by atoms with van der Waals surface area (Å²) in [7, 11) is 3.01. The Bertz CT molecular complexity index is 626. The van der Waals surface area contributed by atoms with Gasteiger partial charge in [0.2, 0.25) is 0 Å². The molecule has 0 spiro atoms. The molecule has 0 atom stereocenters. The predicted octanol–water partition coefficient (Wildman–Crippen LogP) is 0.146. The van der Waals surface area contributed by atoms with E-state index in [0.717, 1.165) is 10.2 Å². The molecule has 0 aliphatic carbocycles. The first-order chi connectivity index (χ1) is 7.61. The van der Waals surface area contributed by atoms with Crippen molar-refractivity contribution in [2.24, 2.45) is 14.1 Å². The fourth-order valence-electron chi connectivity index (χ4n) is 1.47. The van der Waals surface area contributed by atoms with Gasteiger partial charge >= 0.3 is 11.1 Å². The van der Waals surface area contributed by atoms with Gasteiger partial charge in [-0.15, -0.1) is 0 Å². The zero-order valence-corrected chi connectivity index (χ0v) is 9.04. The SMILES string of the molecule is Cn1nc(-c2ccccc2)n(C)c(=O)c1=O. The molecule has 82 valence electrons. The van der Waals surface area contributed by atoms with E-state index in [-0.39, 0.29) is 0 Å². The van der Waals surface area contributed by atoms with Crippen LogP contribution in [0.1, 0.15) is 0 Å². The minimum atomic E-state index is -0.623. The molecule has 1 heterocycles. The number of hydrogen-bond acceptors (Lipinski definition) is 3. The molecule has 0 bridgehead atoms. The Morgan fingerprint density at radius 3 is 2.25 bits per heavy atom. The normalized spacial score (nSPS) is 10.4.